The molecule has 2 aliphatic heterocycles. The highest BCUT2D eigenvalue weighted by molar-refractivity contribution is 5.85. The first-order chi connectivity index (χ1) is 18.1. The van der Waals surface area contributed by atoms with E-state index < -0.39 is 12.3 Å². The molecule has 0 spiro atoms. The molecule has 0 N–H and O–H groups in total. The van der Waals surface area contributed by atoms with Gasteiger partial charge in [0, 0.05) is 7.11 Å². The molecule has 0 radical (unpaired) electrons. The summed E-state index contributed by atoms with van der Waals surface area (Å²) in [5.41, 5.74) is 0. The van der Waals surface area contributed by atoms with Crippen LogP contribution in [-0.2, 0) is 33.2 Å². The first-order valence-electron chi connectivity index (χ1n) is 12.0. The second-order valence-corrected chi connectivity index (χ2v) is 7.89. The summed E-state index contributed by atoms with van der Waals surface area (Å²) in [5.74, 6) is 0. The van der Waals surface area contributed by atoms with Gasteiger partial charge in [-0.15, -0.1) is 19.7 Å². The third-order valence-corrected chi connectivity index (χ3v) is 5.31. The maximum absolute atomic E-state index is 13.4. The molecular weight excluding hydrogens is 488 g/mol. The molecular formula is C24H40N4O9. The van der Waals surface area contributed by atoms with Crippen LogP contribution in [0.4, 0.5) is 9.59 Å². The van der Waals surface area contributed by atoms with Gasteiger partial charge in [-0.3, -0.25) is 19.6 Å². The van der Waals surface area contributed by atoms with Crippen LogP contribution in [0.15, 0.2) is 38.0 Å². The Labute approximate surface area is 218 Å². The lowest BCUT2D eigenvalue weighted by atomic mass is 10.3. The smallest absolute Gasteiger partial charge is 0.327 e. The van der Waals surface area contributed by atoms with E-state index in [0.717, 1.165) is 0 Å². The first kappa shape index (κ1) is 30.7. The van der Waals surface area contributed by atoms with Gasteiger partial charge in [0.1, 0.15) is 26.9 Å². The maximum atomic E-state index is 13.4. The molecule has 2 aliphatic rings. The van der Waals surface area contributed by atoms with Crippen LogP contribution in [0.1, 0.15) is 0 Å². The molecule has 0 bridgehead atoms. The molecule has 4 amide bonds. The van der Waals surface area contributed by atoms with E-state index in [4.69, 9.17) is 33.2 Å². The molecule has 37 heavy (non-hydrogen) atoms. The van der Waals surface area contributed by atoms with Gasteiger partial charge in [-0.2, -0.15) is 0 Å². The van der Waals surface area contributed by atoms with E-state index in [2.05, 4.69) is 19.7 Å². The van der Waals surface area contributed by atoms with Gasteiger partial charge in [-0.1, -0.05) is 18.2 Å². The number of carbonyl (C=O) groups is 2. The molecule has 2 rings (SSSR count). The van der Waals surface area contributed by atoms with E-state index in [0.29, 0.717) is 39.6 Å². The monoisotopic (exact) mass is 528 g/mol. The van der Waals surface area contributed by atoms with Crippen molar-refractivity contribution in [2.24, 2.45) is 0 Å². The molecule has 0 aliphatic carbocycles. The number of fused-ring (bicyclic) bond motifs is 1. The third-order valence-electron chi connectivity index (χ3n) is 5.31. The van der Waals surface area contributed by atoms with E-state index in [9.17, 15) is 9.59 Å². The summed E-state index contributed by atoms with van der Waals surface area (Å²) in [6.45, 7) is 13.7. The molecule has 2 unspecified atom stereocenters. The largest absolute Gasteiger partial charge is 0.375 e. The topological polar surface area (TPSA) is 112 Å². The van der Waals surface area contributed by atoms with Crippen LogP contribution in [0.5, 0.6) is 0 Å². The fraction of sp³-hybridized carbons (Fsp3) is 0.667. The van der Waals surface area contributed by atoms with Gasteiger partial charge in [-0.05, 0) is 0 Å². The Morgan fingerprint density at radius 1 is 0.568 bits per heavy atom. The highest BCUT2D eigenvalue weighted by Gasteiger charge is 2.59. The molecule has 0 saturated carbocycles. The highest BCUT2D eigenvalue weighted by Crippen LogP contribution is 2.35. The molecule has 0 aromatic rings. The lowest BCUT2D eigenvalue weighted by Gasteiger charge is -2.29. The minimum absolute atomic E-state index is 0.0186. The molecule has 13 nitrogen and oxygen atoms in total. The molecule has 0 aromatic carbocycles. The van der Waals surface area contributed by atoms with Crippen molar-refractivity contribution in [3.8, 4) is 0 Å². The summed E-state index contributed by atoms with van der Waals surface area (Å²) in [6, 6.07) is -0.683. The van der Waals surface area contributed by atoms with Gasteiger partial charge >= 0.3 is 12.1 Å². The Bertz CT molecular complexity index is 708. The van der Waals surface area contributed by atoms with Crippen molar-refractivity contribution in [3.63, 3.8) is 0 Å². The SMILES string of the molecule is C=CCOCCOCN1C(=O)N(COCCOCC=C)C2C1N(COC)C(=O)N2COCCOCC=C. The minimum atomic E-state index is -0.682. The van der Waals surface area contributed by atoms with Gasteiger partial charge < -0.3 is 33.2 Å². The summed E-state index contributed by atoms with van der Waals surface area (Å²) in [4.78, 5) is 32.6. The Morgan fingerprint density at radius 2 is 0.865 bits per heavy atom. The number of urea groups is 2. The predicted octanol–water partition coefficient (Wildman–Crippen LogP) is 1.25. The van der Waals surface area contributed by atoms with Gasteiger partial charge in [0.25, 0.3) is 0 Å². The van der Waals surface area contributed by atoms with Crippen molar-refractivity contribution in [2.45, 2.75) is 12.3 Å². The summed E-state index contributed by atoms with van der Waals surface area (Å²) in [5, 5.41) is 0. The van der Waals surface area contributed by atoms with Crippen molar-refractivity contribution in [3.05, 3.63) is 38.0 Å². The normalized spacial score (nSPS) is 19.2. The zero-order valence-corrected chi connectivity index (χ0v) is 21.7. The zero-order chi connectivity index (χ0) is 26.9. The van der Waals surface area contributed by atoms with Crippen molar-refractivity contribution >= 4 is 12.1 Å². The Hall–Kier alpha value is -2.52. The molecule has 2 fully saturated rings. The Balaban J connectivity index is 2.10. The summed E-state index contributed by atoms with van der Waals surface area (Å²) in [7, 11) is 1.48. The molecule has 2 heterocycles. The van der Waals surface area contributed by atoms with Crippen molar-refractivity contribution in [1.82, 2.24) is 19.6 Å². The number of carbonyl (C=O) groups excluding carboxylic acids is 2. The van der Waals surface area contributed by atoms with Gasteiger partial charge in [-0.25, -0.2) is 9.59 Å². The fourth-order valence-electron chi connectivity index (χ4n) is 3.77. The standard InChI is InChI=1S/C24H40N4O9/c1-5-8-32-11-14-35-18-26-21-22(28(24(26)30)20-37-16-13-34-10-7-3)27(23(29)25(21)17-31-4)19-36-15-12-33-9-6-2/h5-7,21-22H,1-3,8-20H2,4H3. The summed E-state index contributed by atoms with van der Waals surface area (Å²) >= 11 is 0. The first-order valence-corrected chi connectivity index (χ1v) is 12.0. The van der Waals surface area contributed by atoms with Crippen molar-refractivity contribution < 1.29 is 42.7 Å². The number of nitrogens with zero attached hydrogens (tertiary/aromatic N) is 4. The second kappa shape index (κ2) is 17.9. The fourth-order valence-corrected chi connectivity index (χ4v) is 3.77. The van der Waals surface area contributed by atoms with E-state index in [1.807, 2.05) is 0 Å². The van der Waals surface area contributed by atoms with E-state index in [1.165, 1.54) is 26.7 Å². The second-order valence-electron chi connectivity index (χ2n) is 7.89. The average molecular weight is 529 g/mol. The molecule has 13 heteroatoms. The van der Waals surface area contributed by atoms with E-state index in [1.54, 1.807) is 18.2 Å². The zero-order valence-electron chi connectivity index (χ0n) is 21.7. The van der Waals surface area contributed by atoms with Crippen LogP contribution in [0, 0.1) is 0 Å². The highest BCUT2D eigenvalue weighted by atomic mass is 16.5. The number of methoxy groups -OCH3 is 1. The number of ether oxygens (including phenoxy) is 7. The predicted molar refractivity (Wildman–Crippen MR) is 133 cm³/mol. The lowest BCUT2D eigenvalue weighted by Crippen LogP contribution is -2.48. The molecule has 2 atom stereocenters. The number of hydrogen-bond acceptors (Lipinski definition) is 9. The van der Waals surface area contributed by atoms with Crippen molar-refractivity contribution in [2.75, 3.05) is 93.5 Å². The van der Waals surface area contributed by atoms with Crippen LogP contribution in [-0.4, -0.2) is 137 Å². The van der Waals surface area contributed by atoms with Crippen LogP contribution in [0.2, 0.25) is 0 Å². The van der Waals surface area contributed by atoms with Crippen LogP contribution in [0.3, 0.4) is 0 Å². The maximum Gasteiger partial charge on any atom is 0.327 e. The van der Waals surface area contributed by atoms with Crippen LogP contribution < -0.4 is 0 Å². The van der Waals surface area contributed by atoms with Crippen LogP contribution >= 0.6 is 0 Å². The van der Waals surface area contributed by atoms with Crippen molar-refractivity contribution in [1.29, 1.82) is 0 Å². The molecule has 0 aromatic heterocycles. The quantitative estimate of drug-likeness (QED) is 0.143. The third kappa shape index (κ3) is 9.07. The van der Waals surface area contributed by atoms with Gasteiger partial charge in [0.15, 0.2) is 12.3 Å². The summed E-state index contributed by atoms with van der Waals surface area (Å²) in [6.07, 6.45) is 3.58. The van der Waals surface area contributed by atoms with E-state index in [-0.39, 0.29) is 58.8 Å². The minimum Gasteiger partial charge on any atom is -0.375 e. The Kier molecular flexibility index (Phi) is 14.8. The number of hydrogen-bond donors (Lipinski definition) is 0. The van der Waals surface area contributed by atoms with Gasteiger partial charge in [0.2, 0.25) is 0 Å². The van der Waals surface area contributed by atoms with Gasteiger partial charge in [0.05, 0.1) is 59.5 Å². The summed E-state index contributed by atoms with van der Waals surface area (Å²) < 4.78 is 38.3. The number of amides is 4. The number of rotatable bonds is 23. The van der Waals surface area contributed by atoms with E-state index >= 15 is 0 Å². The molecule has 2 saturated heterocycles. The average Bonchev–Trinajstić information content (AvgIpc) is 3.31. The molecule has 210 valence electrons. The van der Waals surface area contributed by atoms with Crippen LogP contribution in [0.25, 0.3) is 0 Å². The Morgan fingerprint density at radius 3 is 1.16 bits per heavy atom. The lowest BCUT2D eigenvalue weighted by molar-refractivity contribution is -0.0466.